The van der Waals surface area contributed by atoms with Gasteiger partial charge in [-0.2, -0.15) is 0 Å². The number of carbonyl (C=O) groups is 1. The number of hydrogen-bond acceptors (Lipinski definition) is 11. The lowest BCUT2D eigenvalue weighted by atomic mass is 9.82. The molecule has 7 N–H and O–H groups in total. The first kappa shape index (κ1) is 21.6. The van der Waals surface area contributed by atoms with Crippen LogP contribution in [0.5, 0.6) is 11.5 Å². The minimum Gasteiger partial charge on any atom is -0.456 e. The zero-order valence-electron chi connectivity index (χ0n) is 18.0. The highest BCUT2D eigenvalue weighted by atomic mass is 16.6. The molecule has 11 heteroatoms. The van der Waals surface area contributed by atoms with Crippen molar-refractivity contribution in [1.29, 1.82) is 0 Å². The highest BCUT2D eigenvalue weighted by molar-refractivity contribution is 5.93. The standard InChI is InChI=1S/C22H26N6O5/c1-21(30)17(12-27-19(23)25-11-16-22(21,27)28(31)20(24)26-16)33-18(29)14-9-5-6-10-15(14)32-13-7-3-2-4-8-13/h2-10,16-17,20,26,30-31H,11-12,24H2,1H3,(H2,23,25). The molecule has 2 fully saturated rings. The number of aliphatic imine (C=N–C) groups is 1. The van der Waals surface area contributed by atoms with Crippen molar-refractivity contribution in [3.63, 3.8) is 0 Å². The smallest absolute Gasteiger partial charge is 0.342 e. The van der Waals surface area contributed by atoms with Crippen LogP contribution in [0.15, 0.2) is 59.6 Å². The lowest BCUT2D eigenvalue weighted by Crippen LogP contribution is -2.75. The van der Waals surface area contributed by atoms with E-state index in [4.69, 9.17) is 20.9 Å². The van der Waals surface area contributed by atoms with Crippen molar-refractivity contribution in [2.75, 3.05) is 13.1 Å². The molecule has 5 rings (SSSR count). The fourth-order valence-electron chi connectivity index (χ4n) is 5.06. The molecule has 0 amide bonds. The minimum absolute atomic E-state index is 0.0116. The number of nitrogens with zero attached hydrogens (tertiary/aromatic N) is 3. The van der Waals surface area contributed by atoms with Crippen molar-refractivity contribution in [2.45, 2.75) is 36.6 Å². The van der Waals surface area contributed by atoms with Gasteiger partial charge >= 0.3 is 5.97 Å². The second kappa shape index (κ2) is 7.68. The fraction of sp³-hybridized carbons (Fsp3) is 0.364. The van der Waals surface area contributed by atoms with Gasteiger partial charge in [0.05, 0.1) is 19.1 Å². The van der Waals surface area contributed by atoms with Crippen molar-refractivity contribution in [3.05, 3.63) is 60.2 Å². The average Bonchev–Trinajstić information content (AvgIpc) is 3.20. The molecule has 33 heavy (non-hydrogen) atoms. The third kappa shape index (κ3) is 3.09. The predicted molar refractivity (Wildman–Crippen MR) is 117 cm³/mol. The SMILES string of the molecule is CC1(O)C(OC(=O)c2ccccc2Oc2ccccc2)CN2C(N)=NCC3NC(N)N(O)C321. The Morgan fingerprint density at radius 3 is 2.67 bits per heavy atom. The van der Waals surface area contributed by atoms with E-state index in [-0.39, 0.29) is 24.6 Å². The van der Waals surface area contributed by atoms with Gasteiger partial charge in [-0.1, -0.05) is 30.3 Å². The van der Waals surface area contributed by atoms with E-state index < -0.39 is 35.7 Å². The van der Waals surface area contributed by atoms with E-state index in [1.54, 1.807) is 36.4 Å². The number of hydrogen-bond donors (Lipinski definition) is 5. The summed E-state index contributed by atoms with van der Waals surface area (Å²) in [4.78, 5) is 19.0. The number of esters is 1. The lowest BCUT2D eigenvalue weighted by molar-refractivity contribution is -0.264. The van der Waals surface area contributed by atoms with Crippen LogP contribution in [0.4, 0.5) is 0 Å². The molecule has 1 spiro atoms. The summed E-state index contributed by atoms with van der Waals surface area (Å²) in [6.45, 7) is 1.70. The van der Waals surface area contributed by atoms with Crippen LogP contribution in [0.3, 0.4) is 0 Å². The third-order valence-electron chi connectivity index (χ3n) is 6.64. The topological polar surface area (TPSA) is 159 Å². The van der Waals surface area contributed by atoms with Gasteiger partial charge in [0.25, 0.3) is 0 Å². The van der Waals surface area contributed by atoms with Crippen LogP contribution >= 0.6 is 0 Å². The van der Waals surface area contributed by atoms with Crippen molar-refractivity contribution in [2.24, 2.45) is 16.5 Å². The first-order chi connectivity index (χ1) is 15.8. The van der Waals surface area contributed by atoms with Gasteiger partial charge in [0.2, 0.25) is 0 Å². The quantitative estimate of drug-likeness (QED) is 0.398. The maximum absolute atomic E-state index is 13.2. The maximum atomic E-state index is 13.2. The monoisotopic (exact) mass is 454 g/mol. The van der Waals surface area contributed by atoms with E-state index in [0.29, 0.717) is 11.5 Å². The number of para-hydroxylation sites is 2. The molecular formula is C22H26N6O5. The summed E-state index contributed by atoms with van der Waals surface area (Å²) in [6.07, 6.45) is -2.01. The van der Waals surface area contributed by atoms with E-state index in [9.17, 15) is 15.1 Å². The molecule has 174 valence electrons. The van der Waals surface area contributed by atoms with Crippen LogP contribution in [0.1, 0.15) is 17.3 Å². The second-order valence-corrected chi connectivity index (χ2v) is 8.50. The number of guanidine groups is 1. The molecule has 0 bridgehead atoms. The Morgan fingerprint density at radius 2 is 1.91 bits per heavy atom. The number of nitrogens with one attached hydrogen (secondary N) is 1. The lowest BCUT2D eigenvalue weighted by Gasteiger charge is -2.50. The highest BCUT2D eigenvalue weighted by Gasteiger charge is 2.74. The number of aliphatic hydroxyl groups is 1. The molecule has 5 atom stereocenters. The molecule has 0 aromatic heterocycles. The molecule has 3 aliphatic rings. The molecule has 2 aromatic carbocycles. The van der Waals surface area contributed by atoms with Gasteiger partial charge in [0.15, 0.2) is 17.7 Å². The first-order valence-electron chi connectivity index (χ1n) is 10.6. The van der Waals surface area contributed by atoms with Gasteiger partial charge in [0, 0.05) is 0 Å². The molecule has 11 nitrogen and oxygen atoms in total. The largest absolute Gasteiger partial charge is 0.456 e. The zero-order chi connectivity index (χ0) is 23.4. The van der Waals surface area contributed by atoms with Crippen LogP contribution < -0.4 is 21.5 Å². The number of benzene rings is 2. The Labute approximate surface area is 190 Å². The first-order valence-corrected chi connectivity index (χ1v) is 10.6. The van der Waals surface area contributed by atoms with Gasteiger partial charge < -0.3 is 36.2 Å². The summed E-state index contributed by atoms with van der Waals surface area (Å²) < 4.78 is 11.7. The number of nitrogens with two attached hydrogens (primary N) is 2. The van der Waals surface area contributed by atoms with Crippen LogP contribution in [0, 0.1) is 0 Å². The van der Waals surface area contributed by atoms with Crippen molar-refractivity contribution >= 4 is 11.9 Å². The minimum atomic E-state index is -1.75. The number of rotatable bonds is 4. The second-order valence-electron chi connectivity index (χ2n) is 8.50. The molecule has 2 saturated heterocycles. The molecule has 2 aromatic rings. The van der Waals surface area contributed by atoms with Gasteiger partial charge in [0.1, 0.15) is 29.0 Å². The van der Waals surface area contributed by atoms with Crippen molar-refractivity contribution in [1.82, 2.24) is 15.3 Å². The number of carbonyl (C=O) groups excluding carboxylic acids is 1. The summed E-state index contributed by atoms with van der Waals surface area (Å²) in [5.74, 6) is 0.313. The average molecular weight is 454 g/mol. The Hall–Kier alpha value is -3.22. The van der Waals surface area contributed by atoms with Gasteiger partial charge in [-0.3, -0.25) is 10.3 Å². The molecule has 3 aliphatic heterocycles. The Balaban J connectivity index is 1.44. The Kier molecular flexibility index (Phi) is 5.03. The highest BCUT2D eigenvalue weighted by Crippen LogP contribution is 2.48. The van der Waals surface area contributed by atoms with Crippen LogP contribution in [-0.2, 0) is 4.74 Å². The third-order valence-corrected chi connectivity index (χ3v) is 6.64. The van der Waals surface area contributed by atoms with E-state index in [2.05, 4.69) is 10.3 Å². The molecule has 5 unspecified atom stereocenters. The van der Waals surface area contributed by atoms with Gasteiger partial charge in [-0.15, -0.1) is 5.06 Å². The maximum Gasteiger partial charge on any atom is 0.342 e. The normalized spacial score (nSPS) is 33.3. The molecular weight excluding hydrogens is 428 g/mol. The summed E-state index contributed by atoms with van der Waals surface area (Å²) in [5, 5.41) is 26.4. The van der Waals surface area contributed by atoms with Crippen LogP contribution in [0.2, 0.25) is 0 Å². The molecule has 0 radical (unpaired) electrons. The molecule has 0 saturated carbocycles. The van der Waals surface area contributed by atoms with E-state index >= 15 is 0 Å². The summed E-state index contributed by atoms with van der Waals surface area (Å²) in [7, 11) is 0. The van der Waals surface area contributed by atoms with E-state index in [1.165, 1.54) is 11.8 Å². The van der Waals surface area contributed by atoms with Crippen LogP contribution in [0.25, 0.3) is 0 Å². The summed E-state index contributed by atoms with van der Waals surface area (Å²) in [6, 6.07) is 15.2. The summed E-state index contributed by atoms with van der Waals surface area (Å²) in [5.41, 5.74) is 9.10. The van der Waals surface area contributed by atoms with Crippen molar-refractivity contribution < 1.29 is 24.6 Å². The van der Waals surface area contributed by atoms with E-state index in [1.807, 2.05) is 18.2 Å². The predicted octanol–water partition coefficient (Wildman–Crippen LogP) is 0.000800. The van der Waals surface area contributed by atoms with Crippen LogP contribution in [-0.4, -0.2) is 75.0 Å². The Morgan fingerprint density at radius 1 is 1.21 bits per heavy atom. The fourth-order valence-corrected chi connectivity index (χ4v) is 5.06. The van der Waals surface area contributed by atoms with Gasteiger partial charge in [-0.05, 0) is 31.2 Å². The van der Waals surface area contributed by atoms with E-state index in [0.717, 1.165) is 5.06 Å². The number of ether oxygens (including phenoxy) is 2. The molecule has 0 aliphatic carbocycles. The van der Waals surface area contributed by atoms with Gasteiger partial charge in [-0.25, -0.2) is 4.79 Å². The van der Waals surface area contributed by atoms with Crippen molar-refractivity contribution in [3.8, 4) is 11.5 Å². The zero-order valence-corrected chi connectivity index (χ0v) is 18.0. The summed E-state index contributed by atoms with van der Waals surface area (Å²) >= 11 is 0. The number of hydroxylamine groups is 2. The molecule has 3 heterocycles. The Bertz CT molecular complexity index is 1100.